The van der Waals surface area contributed by atoms with Crippen molar-refractivity contribution in [2.75, 3.05) is 32.7 Å². The van der Waals surface area contributed by atoms with Crippen LogP contribution < -0.4 is 0 Å². The van der Waals surface area contributed by atoms with Gasteiger partial charge in [-0.3, -0.25) is 4.79 Å². The Bertz CT molecular complexity index is 263. The Balaban J connectivity index is 1.81. The molecule has 2 saturated heterocycles. The molecule has 2 heterocycles. The van der Waals surface area contributed by atoms with Crippen molar-refractivity contribution < 1.29 is 4.79 Å². The van der Waals surface area contributed by atoms with Gasteiger partial charge in [-0.1, -0.05) is 27.2 Å². The number of hydrogen-bond acceptors (Lipinski definition) is 2. The Labute approximate surface area is 105 Å². The van der Waals surface area contributed by atoms with Crippen LogP contribution in [0.15, 0.2) is 0 Å². The Morgan fingerprint density at radius 3 is 2.24 bits per heavy atom. The summed E-state index contributed by atoms with van der Waals surface area (Å²) in [7, 11) is 0. The molecule has 2 rings (SSSR count). The van der Waals surface area contributed by atoms with Crippen LogP contribution in [0.3, 0.4) is 0 Å². The first-order chi connectivity index (χ1) is 8.11. The smallest absolute Gasteiger partial charge is 0.225 e. The number of fused-ring (bicyclic) bond motifs is 1. The SMILES string of the molecule is CCCCN1CC2CN(C(=O)C(C)C)CC2C1. The molecule has 0 aliphatic carbocycles. The molecule has 2 aliphatic heterocycles. The monoisotopic (exact) mass is 238 g/mol. The largest absolute Gasteiger partial charge is 0.342 e. The Morgan fingerprint density at radius 2 is 1.76 bits per heavy atom. The summed E-state index contributed by atoms with van der Waals surface area (Å²) in [4.78, 5) is 16.6. The number of carbonyl (C=O) groups excluding carboxylic acids is 1. The molecule has 0 aromatic rings. The Morgan fingerprint density at radius 1 is 1.18 bits per heavy atom. The van der Waals surface area contributed by atoms with Crippen molar-refractivity contribution in [2.45, 2.75) is 33.6 Å². The molecule has 1 amide bonds. The third-order valence-corrected chi connectivity index (χ3v) is 4.20. The minimum atomic E-state index is 0.157. The molecule has 17 heavy (non-hydrogen) atoms. The van der Waals surface area contributed by atoms with E-state index in [4.69, 9.17) is 0 Å². The topological polar surface area (TPSA) is 23.6 Å². The molecule has 0 N–H and O–H groups in total. The summed E-state index contributed by atoms with van der Waals surface area (Å²) in [6, 6.07) is 0. The molecular weight excluding hydrogens is 212 g/mol. The first-order valence-corrected chi connectivity index (χ1v) is 7.13. The molecule has 0 bridgehead atoms. The van der Waals surface area contributed by atoms with Crippen molar-refractivity contribution in [3.05, 3.63) is 0 Å². The fourth-order valence-corrected chi connectivity index (χ4v) is 3.20. The van der Waals surface area contributed by atoms with Crippen LogP contribution in [0.1, 0.15) is 33.6 Å². The standard InChI is InChI=1S/C14H26N2O/c1-4-5-6-15-7-12-9-16(10-13(12)8-15)14(17)11(2)3/h11-13H,4-10H2,1-3H3. The molecule has 0 aromatic heterocycles. The van der Waals surface area contributed by atoms with E-state index in [2.05, 4.69) is 16.7 Å². The van der Waals surface area contributed by atoms with Gasteiger partial charge in [-0.05, 0) is 24.8 Å². The van der Waals surface area contributed by atoms with Gasteiger partial charge in [-0.25, -0.2) is 0 Å². The van der Waals surface area contributed by atoms with Crippen molar-refractivity contribution in [3.63, 3.8) is 0 Å². The van der Waals surface area contributed by atoms with Crippen LogP contribution in [-0.2, 0) is 4.79 Å². The predicted octanol–water partition coefficient (Wildman–Crippen LogP) is 1.83. The number of hydrogen-bond donors (Lipinski definition) is 0. The lowest BCUT2D eigenvalue weighted by Gasteiger charge is -2.22. The number of rotatable bonds is 4. The first kappa shape index (κ1) is 12.9. The molecule has 0 aromatic carbocycles. The van der Waals surface area contributed by atoms with Gasteiger partial charge in [0.15, 0.2) is 0 Å². The highest BCUT2D eigenvalue weighted by atomic mass is 16.2. The van der Waals surface area contributed by atoms with E-state index in [1.54, 1.807) is 0 Å². The number of likely N-dealkylation sites (tertiary alicyclic amines) is 2. The van der Waals surface area contributed by atoms with Crippen molar-refractivity contribution >= 4 is 5.91 Å². The normalized spacial score (nSPS) is 29.1. The molecule has 0 spiro atoms. The molecular formula is C14H26N2O. The summed E-state index contributed by atoms with van der Waals surface area (Å²) >= 11 is 0. The van der Waals surface area contributed by atoms with Gasteiger partial charge >= 0.3 is 0 Å². The lowest BCUT2D eigenvalue weighted by molar-refractivity contribution is -0.133. The van der Waals surface area contributed by atoms with Gasteiger partial charge in [0.1, 0.15) is 0 Å². The lowest BCUT2D eigenvalue weighted by atomic mass is 10.0. The maximum Gasteiger partial charge on any atom is 0.225 e. The lowest BCUT2D eigenvalue weighted by Crippen LogP contribution is -2.35. The van der Waals surface area contributed by atoms with Crippen molar-refractivity contribution in [2.24, 2.45) is 17.8 Å². The van der Waals surface area contributed by atoms with Crippen molar-refractivity contribution in [1.82, 2.24) is 9.80 Å². The number of unbranched alkanes of at least 4 members (excludes halogenated alkanes) is 1. The molecule has 2 fully saturated rings. The fourth-order valence-electron chi connectivity index (χ4n) is 3.20. The quantitative estimate of drug-likeness (QED) is 0.746. The molecule has 2 unspecified atom stereocenters. The van der Waals surface area contributed by atoms with Gasteiger partial charge in [0.25, 0.3) is 0 Å². The van der Waals surface area contributed by atoms with Gasteiger partial charge in [-0.15, -0.1) is 0 Å². The molecule has 0 radical (unpaired) electrons. The minimum Gasteiger partial charge on any atom is -0.342 e. The van der Waals surface area contributed by atoms with Crippen LogP contribution in [-0.4, -0.2) is 48.4 Å². The van der Waals surface area contributed by atoms with Crippen LogP contribution in [0.5, 0.6) is 0 Å². The van der Waals surface area contributed by atoms with Gasteiger partial charge in [-0.2, -0.15) is 0 Å². The minimum absolute atomic E-state index is 0.157. The maximum atomic E-state index is 11.9. The second-order valence-corrected chi connectivity index (χ2v) is 6.03. The molecule has 2 aliphatic rings. The highest BCUT2D eigenvalue weighted by molar-refractivity contribution is 5.78. The van der Waals surface area contributed by atoms with E-state index in [1.165, 1.54) is 32.5 Å². The molecule has 3 heteroatoms. The third kappa shape index (κ3) is 2.82. The molecule has 3 nitrogen and oxygen atoms in total. The van der Waals surface area contributed by atoms with Crippen LogP contribution >= 0.6 is 0 Å². The van der Waals surface area contributed by atoms with E-state index < -0.39 is 0 Å². The summed E-state index contributed by atoms with van der Waals surface area (Å²) < 4.78 is 0. The van der Waals surface area contributed by atoms with Gasteiger partial charge in [0, 0.05) is 32.1 Å². The molecule has 2 atom stereocenters. The fraction of sp³-hybridized carbons (Fsp3) is 0.929. The average Bonchev–Trinajstić information content (AvgIpc) is 2.82. The zero-order valence-corrected chi connectivity index (χ0v) is 11.5. The van der Waals surface area contributed by atoms with E-state index in [-0.39, 0.29) is 5.92 Å². The maximum absolute atomic E-state index is 11.9. The zero-order valence-electron chi connectivity index (χ0n) is 11.5. The molecule has 98 valence electrons. The predicted molar refractivity (Wildman–Crippen MR) is 69.7 cm³/mol. The summed E-state index contributed by atoms with van der Waals surface area (Å²) in [5.41, 5.74) is 0. The van der Waals surface area contributed by atoms with Gasteiger partial charge in [0.2, 0.25) is 5.91 Å². The molecule has 0 saturated carbocycles. The summed E-state index contributed by atoms with van der Waals surface area (Å²) in [6.07, 6.45) is 2.60. The Kier molecular flexibility index (Phi) is 4.08. The highest BCUT2D eigenvalue weighted by Gasteiger charge is 2.41. The second kappa shape index (κ2) is 5.38. The average molecular weight is 238 g/mol. The van der Waals surface area contributed by atoms with E-state index in [0.29, 0.717) is 5.91 Å². The van der Waals surface area contributed by atoms with E-state index in [0.717, 1.165) is 24.9 Å². The summed E-state index contributed by atoms with van der Waals surface area (Å²) in [6.45, 7) is 11.9. The van der Waals surface area contributed by atoms with Crippen LogP contribution in [0, 0.1) is 17.8 Å². The number of nitrogens with zero attached hydrogens (tertiary/aromatic N) is 2. The van der Waals surface area contributed by atoms with E-state index >= 15 is 0 Å². The van der Waals surface area contributed by atoms with Crippen LogP contribution in [0.2, 0.25) is 0 Å². The van der Waals surface area contributed by atoms with Gasteiger partial charge < -0.3 is 9.80 Å². The number of carbonyl (C=O) groups is 1. The second-order valence-electron chi connectivity index (χ2n) is 6.03. The highest BCUT2D eigenvalue weighted by Crippen LogP contribution is 2.31. The number of amides is 1. The Hall–Kier alpha value is -0.570. The van der Waals surface area contributed by atoms with Crippen molar-refractivity contribution in [3.8, 4) is 0 Å². The van der Waals surface area contributed by atoms with Crippen LogP contribution in [0.25, 0.3) is 0 Å². The van der Waals surface area contributed by atoms with E-state index in [1.807, 2.05) is 13.8 Å². The van der Waals surface area contributed by atoms with Crippen LogP contribution in [0.4, 0.5) is 0 Å². The van der Waals surface area contributed by atoms with Crippen molar-refractivity contribution in [1.29, 1.82) is 0 Å². The third-order valence-electron chi connectivity index (χ3n) is 4.20. The van der Waals surface area contributed by atoms with Gasteiger partial charge in [0.05, 0.1) is 0 Å². The first-order valence-electron chi connectivity index (χ1n) is 7.13. The summed E-state index contributed by atoms with van der Waals surface area (Å²) in [5.74, 6) is 1.99. The van der Waals surface area contributed by atoms with E-state index in [9.17, 15) is 4.79 Å². The zero-order chi connectivity index (χ0) is 12.4. The summed E-state index contributed by atoms with van der Waals surface area (Å²) in [5, 5.41) is 0.